The minimum Gasteiger partial charge on any atom is -0.779 e. The van der Waals surface area contributed by atoms with Crippen LogP contribution in [-0.4, -0.2) is 119 Å². The third kappa shape index (κ3) is 67.7. The van der Waals surface area contributed by atoms with E-state index in [4.69, 9.17) is 0 Å². The summed E-state index contributed by atoms with van der Waals surface area (Å²) >= 11 is 0. The van der Waals surface area contributed by atoms with Gasteiger partial charge in [0.15, 0.2) is 0 Å². The first-order chi connectivity index (χ1) is 21.8. The number of rotatable bonds is 14. The fraction of sp³-hybridized carbons (Fsp3) is 1.00. The van der Waals surface area contributed by atoms with Crippen LogP contribution in [0.25, 0.3) is 0 Å². The van der Waals surface area contributed by atoms with E-state index in [0.29, 0.717) is 0 Å². The molecule has 2 radical (unpaired) electrons. The molecule has 310 valence electrons. The Balaban J connectivity index is -0.0000000573. The van der Waals surface area contributed by atoms with E-state index in [1.807, 2.05) is 0 Å². The van der Waals surface area contributed by atoms with E-state index < -0.39 is 53.2 Å². The van der Waals surface area contributed by atoms with Crippen molar-refractivity contribution in [3.63, 3.8) is 0 Å². The third-order valence-corrected chi connectivity index (χ3v) is 14.0. The van der Waals surface area contributed by atoms with Crippen LogP contribution in [0, 0.1) is 0 Å². The zero-order valence-corrected chi connectivity index (χ0v) is 42.9. The van der Waals surface area contributed by atoms with Crippen molar-refractivity contribution in [3.8, 4) is 0 Å². The second-order valence-corrected chi connectivity index (χ2v) is 23.3. The van der Waals surface area contributed by atoms with Crippen LogP contribution in [0.3, 0.4) is 0 Å². The fourth-order valence-electron chi connectivity index (χ4n) is 0.904. The van der Waals surface area contributed by atoms with Gasteiger partial charge in [0, 0.05) is 92.9 Å². The summed E-state index contributed by atoms with van der Waals surface area (Å²) in [6.07, 6.45) is 0.510. The van der Waals surface area contributed by atoms with Gasteiger partial charge in [0.25, 0.3) is 0 Å². The van der Waals surface area contributed by atoms with E-state index in [1.54, 1.807) is 0 Å². The molecule has 0 fully saturated rings. The molecular weight excluding hydrogens is 1060 g/mol. The van der Waals surface area contributed by atoms with Gasteiger partial charge in [-0.2, -0.15) is 0 Å². The summed E-state index contributed by atoms with van der Waals surface area (Å²) in [5.74, 6) is 0. The SMILES string of the molecule is CCP(=O)([O-])OC.CCP(=O)([O-])OC.CCP(=O)([O-])OC.CCP(=O)([O-])OC.CCP(=O)([O-])OC.CCP(=O)([O-])OC.CCP(=O)([O-])OC.[Bi+3].[Ti+4]. The van der Waals surface area contributed by atoms with Crippen LogP contribution in [0.5, 0.6) is 0 Å². The molecule has 0 spiro atoms. The summed E-state index contributed by atoms with van der Waals surface area (Å²) in [4.78, 5) is 71.2. The fourth-order valence-corrected chi connectivity index (χ4v) is 2.71. The molecule has 7 unspecified atom stereocenters. The second kappa shape index (κ2) is 40.8. The molecule has 0 aromatic carbocycles. The van der Waals surface area contributed by atoms with Crippen molar-refractivity contribution in [2.24, 2.45) is 0 Å². The van der Waals surface area contributed by atoms with Crippen molar-refractivity contribution in [2.75, 3.05) is 92.9 Å². The summed E-state index contributed by atoms with van der Waals surface area (Å²) in [7, 11) is -15.7. The minimum absolute atomic E-state index is 0. The Morgan fingerprint density at radius 1 is 0.294 bits per heavy atom. The molecular formula is C21H56BiO21P7Ti. The Bertz CT molecular complexity index is 825. The van der Waals surface area contributed by atoms with Gasteiger partial charge in [-0.15, -0.1) is 0 Å². The predicted octanol–water partition coefficient (Wildman–Crippen LogP) is 1.06. The molecule has 0 rings (SSSR count). The maximum absolute atomic E-state index is 10.2. The normalized spacial score (nSPS) is 18.0. The summed E-state index contributed by atoms with van der Waals surface area (Å²) in [6, 6.07) is 0. The van der Waals surface area contributed by atoms with Crippen LogP contribution in [0.4, 0.5) is 0 Å². The van der Waals surface area contributed by atoms with Crippen LogP contribution in [0.1, 0.15) is 48.5 Å². The van der Waals surface area contributed by atoms with E-state index in [1.165, 1.54) is 48.5 Å². The number of hydrogen-bond donors (Lipinski definition) is 0. The van der Waals surface area contributed by atoms with Gasteiger partial charge in [-0.05, 0) is 0 Å². The Morgan fingerprint density at radius 2 is 0.353 bits per heavy atom. The van der Waals surface area contributed by atoms with E-state index >= 15 is 0 Å². The molecule has 0 saturated carbocycles. The van der Waals surface area contributed by atoms with Gasteiger partial charge in [0.05, 0.1) is 0 Å². The zero-order valence-electron chi connectivity index (χ0n) is 31.6. The summed E-state index contributed by atoms with van der Waals surface area (Å²) in [5.41, 5.74) is 0. The Hall–Kier alpha value is 2.65. The predicted molar refractivity (Wildman–Crippen MR) is 182 cm³/mol. The molecule has 0 amide bonds. The van der Waals surface area contributed by atoms with Crippen molar-refractivity contribution in [3.05, 3.63) is 0 Å². The maximum atomic E-state index is 10.2. The molecule has 0 saturated heterocycles. The average molecular weight is 1120 g/mol. The minimum atomic E-state index is -3.40. The first-order valence-electron chi connectivity index (χ1n) is 13.9. The van der Waals surface area contributed by atoms with Crippen LogP contribution in [0.2, 0.25) is 0 Å². The zero-order chi connectivity index (χ0) is 41.4. The van der Waals surface area contributed by atoms with Crippen LogP contribution < -0.4 is 34.3 Å². The Labute approximate surface area is 338 Å². The first kappa shape index (κ1) is 74.6. The molecule has 0 bridgehead atoms. The molecule has 21 nitrogen and oxygen atoms in total. The molecule has 30 heteroatoms. The van der Waals surface area contributed by atoms with Gasteiger partial charge in [-0.3, -0.25) is 0 Å². The van der Waals surface area contributed by atoms with Gasteiger partial charge in [-0.1, -0.05) is 48.5 Å². The third-order valence-electron chi connectivity index (χ3n) is 4.66. The van der Waals surface area contributed by atoms with E-state index in [-0.39, 0.29) is 91.1 Å². The second-order valence-electron chi connectivity index (χ2n) is 7.77. The van der Waals surface area contributed by atoms with E-state index in [9.17, 15) is 66.2 Å². The van der Waals surface area contributed by atoms with Gasteiger partial charge in [0.1, 0.15) is 53.2 Å². The molecule has 51 heavy (non-hydrogen) atoms. The monoisotopic (exact) mass is 1120 g/mol. The van der Waals surface area contributed by atoms with Crippen molar-refractivity contribution in [2.45, 2.75) is 48.5 Å². The van der Waals surface area contributed by atoms with Crippen LogP contribution >= 0.6 is 53.2 Å². The number of hydrogen-bond acceptors (Lipinski definition) is 21. The first-order valence-corrected chi connectivity index (χ1v) is 26.0. The van der Waals surface area contributed by atoms with E-state index in [0.717, 1.165) is 49.8 Å². The molecule has 0 aromatic rings. The molecule has 7 atom stereocenters. The summed E-state index contributed by atoms with van der Waals surface area (Å²) in [6.45, 7) is 10.8. The van der Waals surface area contributed by atoms with Crippen molar-refractivity contribution < 1.29 is 120 Å². The summed E-state index contributed by atoms with van der Waals surface area (Å²) < 4.78 is 99.8. The molecule has 0 N–H and O–H groups in total. The molecule has 0 heterocycles. The Kier molecular flexibility index (Phi) is 59.7. The van der Waals surface area contributed by atoms with Crippen LogP contribution in [0.15, 0.2) is 0 Å². The van der Waals surface area contributed by atoms with Crippen molar-refractivity contribution in [1.29, 1.82) is 0 Å². The topological polar surface area (TPSA) is 346 Å². The van der Waals surface area contributed by atoms with Crippen LogP contribution in [-0.2, 0) is 85.3 Å². The summed E-state index contributed by atoms with van der Waals surface area (Å²) in [5, 5.41) is 0. The van der Waals surface area contributed by atoms with Gasteiger partial charge < -0.3 is 97.9 Å². The van der Waals surface area contributed by atoms with Gasteiger partial charge in [-0.25, -0.2) is 0 Å². The van der Waals surface area contributed by atoms with Gasteiger partial charge in [0.2, 0.25) is 0 Å². The molecule has 0 aromatic heterocycles. The van der Waals surface area contributed by atoms with Gasteiger partial charge >= 0.3 is 47.9 Å². The Morgan fingerprint density at radius 3 is 0.353 bits per heavy atom. The largest absolute Gasteiger partial charge is 4.00 e. The standard InChI is InChI=1S/7C3H9O3P.Bi.Ti/c7*1-3-7(4,5)6-2;;/h7*3H2,1-2H3,(H,4,5);;/q;;;;;;;+3;+4/p-7. The average Bonchev–Trinajstić information content (AvgIpc) is 3.09. The smallest absolute Gasteiger partial charge is 0.779 e. The van der Waals surface area contributed by atoms with E-state index in [2.05, 4.69) is 31.7 Å². The van der Waals surface area contributed by atoms with Crippen molar-refractivity contribution >= 4 is 79.4 Å². The maximum Gasteiger partial charge on any atom is 4.00 e. The molecule has 0 aliphatic rings. The van der Waals surface area contributed by atoms with Crippen molar-refractivity contribution in [1.82, 2.24) is 0 Å². The molecule has 0 aliphatic heterocycles. The quantitative estimate of drug-likeness (QED) is 0.173. The molecule has 0 aliphatic carbocycles.